The van der Waals surface area contributed by atoms with E-state index in [0.717, 1.165) is 12.1 Å². The third-order valence-electron chi connectivity index (χ3n) is 3.84. The van der Waals surface area contributed by atoms with Crippen LogP contribution in [-0.2, 0) is 16.4 Å². The first kappa shape index (κ1) is 16.0. The number of carbonyl (C=O) groups is 1. The summed E-state index contributed by atoms with van der Waals surface area (Å²) in [5, 5.41) is 4.22. The number of carbonyl (C=O) groups excluding carboxylic acids is 1. The van der Waals surface area contributed by atoms with Gasteiger partial charge in [-0.15, -0.1) is 0 Å². The zero-order valence-electron chi connectivity index (χ0n) is 12.4. The van der Waals surface area contributed by atoms with Gasteiger partial charge in [0.05, 0.1) is 23.3 Å². The molecule has 8 heteroatoms. The third-order valence-corrected chi connectivity index (χ3v) is 5.63. The molecular formula is C13H22N4O3S. The predicted molar refractivity (Wildman–Crippen MR) is 79.8 cm³/mol. The minimum Gasteiger partial charge on any atom is -0.334 e. The molecule has 2 heterocycles. The van der Waals surface area contributed by atoms with Gasteiger partial charge in [-0.25, -0.2) is 8.42 Å². The minimum absolute atomic E-state index is 0.0269. The van der Waals surface area contributed by atoms with Gasteiger partial charge in [0.15, 0.2) is 9.84 Å². The number of hydrogen-bond donors (Lipinski definition) is 1. The van der Waals surface area contributed by atoms with E-state index in [1.165, 1.54) is 0 Å². The molecule has 0 radical (unpaired) electrons. The van der Waals surface area contributed by atoms with Gasteiger partial charge in [-0.1, -0.05) is 0 Å². The molecule has 1 atom stereocenters. The van der Waals surface area contributed by atoms with Crippen LogP contribution in [0.4, 0.5) is 0 Å². The van der Waals surface area contributed by atoms with Gasteiger partial charge in [0.2, 0.25) is 0 Å². The summed E-state index contributed by atoms with van der Waals surface area (Å²) in [7, 11) is -3.03. The van der Waals surface area contributed by atoms with Crippen molar-refractivity contribution in [1.29, 1.82) is 0 Å². The monoisotopic (exact) mass is 314 g/mol. The zero-order chi connectivity index (χ0) is 15.6. The zero-order valence-corrected chi connectivity index (χ0v) is 13.3. The molecule has 0 saturated carbocycles. The van der Waals surface area contributed by atoms with Crippen molar-refractivity contribution in [2.45, 2.75) is 32.9 Å². The van der Waals surface area contributed by atoms with E-state index in [-0.39, 0.29) is 30.0 Å². The summed E-state index contributed by atoms with van der Waals surface area (Å²) in [5.74, 6) is -0.0865. The molecule has 1 amide bonds. The van der Waals surface area contributed by atoms with E-state index in [2.05, 4.69) is 5.10 Å². The van der Waals surface area contributed by atoms with Gasteiger partial charge in [0.25, 0.3) is 5.91 Å². The van der Waals surface area contributed by atoms with E-state index in [1.807, 2.05) is 6.92 Å². The van der Waals surface area contributed by atoms with E-state index in [9.17, 15) is 13.2 Å². The summed E-state index contributed by atoms with van der Waals surface area (Å²) in [4.78, 5) is 14.2. The first-order valence-corrected chi connectivity index (χ1v) is 8.91. The highest BCUT2D eigenvalue weighted by molar-refractivity contribution is 7.91. The predicted octanol–water partition coefficient (Wildman–Crippen LogP) is -0.201. The Balaban J connectivity index is 2.15. The smallest absolute Gasteiger partial charge is 0.257 e. The average Bonchev–Trinajstić information content (AvgIpc) is 2.76. The Morgan fingerprint density at radius 3 is 2.86 bits per heavy atom. The van der Waals surface area contributed by atoms with E-state index in [0.29, 0.717) is 18.7 Å². The molecular weight excluding hydrogens is 292 g/mol. The van der Waals surface area contributed by atoms with Crippen LogP contribution in [0.15, 0.2) is 6.20 Å². The number of amides is 1. The van der Waals surface area contributed by atoms with E-state index in [4.69, 9.17) is 5.73 Å². The summed E-state index contributed by atoms with van der Waals surface area (Å²) in [6.07, 6.45) is 2.36. The van der Waals surface area contributed by atoms with Crippen molar-refractivity contribution in [3.63, 3.8) is 0 Å². The van der Waals surface area contributed by atoms with Crippen LogP contribution in [0.5, 0.6) is 0 Å². The van der Waals surface area contributed by atoms with Crippen LogP contribution < -0.4 is 5.73 Å². The number of hydrogen-bond acceptors (Lipinski definition) is 5. The van der Waals surface area contributed by atoms with Crippen LogP contribution in [0.3, 0.4) is 0 Å². The molecule has 1 aliphatic heterocycles. The van der Waals surface area contributed by atoms with Crippen LogP contribution in [-0.4, -0.2) is 59.6 Å². The fourth-order valence-electron chi connectivity index (χ4n) is 2.58. The lowest BCUT2D eigenvalue weighted by Crippen LogP contribution is -2.49. The molecule has 1 aliphatic rings. The summed E-state index contributed by atoms with van der Waals surface area (Å²) < 4.78 is 24.9. The number of aromatic nitrogens is 2. The van der Waals surface area contributed by atoms with Crippen molar-refractivity contribution < 1.29 is 13.2 Å². The molecule has 0 aliphatic carbocycles. The average molecular weight is 314 g/mol. The molecule has 1 fully saturated rings. The normalized spacial score (nSPS) is 21.5. The van der Waals surface area contributed by atoms with Crippen LogP contribution in [0, 0.1) is 6.92 Å². The first-order chi connectivity index (χ1) is 9.85. The lowest BCUT2D eigenvalue weighted by molar-refractivity contribution is 0.0711. The Kier molecular flexibility index (Phi) is 4.67. The second kappa shape index (κ2) is 6.15. The fourth-order valence-corrected chi connectivity index (χ4v) is 4.13. The number of sulfone groups is 1. The molecule has 21 heavy (non-hydrogen) atoms. The van der Waals surface area contributed by atoms with Gasteiger partial charge < -0.3 is 10.6 Å². The van der Waals surface area contributed by atoms with Gasteiger partial charge in [0, 0.05) is 24.8 Å². The molecule has 2 N–H and O–H groups in total. The van der Waals surface area contributed by atoms with Crippen molar-refractivity contribution in [3.05, 3.63) is 17.5 Å². The molecule has 1 aromatic rings. The maximum atomic E-state index is 12.6. The van der Waals surface area contributed by atoms with Gasteiger partial charge in [0.1, 0.15) is 0 Å². The number of aryl methyl sites for hydroxylation is 1. The van der Waals surface area contributed by atoms with Crippen molar-refractivity contribution in [1.82, 2.24) is 14.7 Å². The van der Waals surface area contributed by atoms with Gasteiger partial charge in [-0.05, 0) is 26.8 Å². The fraction of sp³-hybridized carbons (Fsp3) is 0.692. The van der Waals surface area contributed by atoms with Crippen molar-refractivity contribution >= 4 is 15.7 Å². The van der Waals surface area contributed by atoms with Gasteiger partial charge in [-0.2, -0.15) is 5.10 Å². The lowest BCUT2D eigenvalue weighted by atomic mass is 10.2. The number of rotatable bonds is 4. The van der Waals surface area contributed by atoms with Crippen LogP contribution >= 0.6 is 0 Å². The van der Waals surface area contributed by atoms with Gasteiger partial charge >= 0.3 is 0 Å². The lowest BCUT2D eigenvalue weighted by Gasteiger charge is -2.33. The number of nitrogens with zero attached hydrogens (tertiary/aromatic N) is 3. The maximum absolute atomic E-state index is 12.6. The Morgan fingerprint density at radius 1 is 1.52 bits per heavy atom. The van der Waals surface area contributed by atoms with E-state index in [1.54, 1.807) is 22.7 Å². The van der Waals surface area contributed by atoms with E-state index < -0.39 is 9.84 Å². The number of nitrogens with two attached hydrogens (primary N) is 1. The van der Waals surface area contributed by atoms with Crippen LogP contribution in [0.1, 0.15) is 29.4 Å². The quantitative estimate of drug-likeness (QED) is 0.830. The highest BCUT2D eigenvalue weighted by Crippen LogP contribution is 2.17. The summed E-state index contributed by atoms with van der Waals surface area (Å²) >= 11 is 0. The second-order valence-electron chi connectivity index (χ2n) is 5.47. The Hall–Kier alpha value is -1.41. The molecule has 0 aromatic carbocycles. The topological polar surface area (TPSA) is 98.3 Å². The van der Waals surface area contributed by atoms with Gasteiger partial charge in [-0.3, -0.25) is 9.48 Å². The summed E-state index contributed by atoms with van der Waals surface area (Å²) in [6, 6.07) is -0.303. The molecule has 0 bridgehead atoms. The molecule has 1 saturated heterocycles. The van der Waals surface area contributed by atoms with Crippen LogP contribution in [0.2, 0.25) is 0 Å². The summed E-state index contributed by atoms with van der Waals surface area (Å²) in [5.41, 5.74) is 6.82. The van der Waals surface area contributed by atoms with Crippen molar-refractivity contribution in [3.8, 4) is 0 Å². The second-order valence-corrected chi connectivity index (χ2v) is 7.70. The van der Waals surface area contributed by atoms with Crippen molar-refractivity contribution in [2.75, 3.05) is 24.6 Å². The largest absolute Gasteiger partial charge is 0.334 e. The molecule has 118 valence electrons. The van der Waals surface area contributed by atoms with Crippen molar-refractivity contribution in [2.24, 2.45) is 5.73 Å². The molecule has 1 aromatic heterocycles. The Morgan fingerprint density at radius 2 is 2.24 bits per heavy atom. The van der Waals surface area contributed by atoms with E-state index >= 15 is 0 Å². The SMILES string of the molecule is Cc1c(C(=O)N2CCS(=O)(=O)CC2C)cnn1CCCN. The molecule has 1 unspecified atom stereocenters. The Labute approximate surface area is 125 Å². The molecule has 0 spiro atoms. The highest BCUT2D eigenvalue weighted by atomic mass is 32.2. The molecule has 2 rings (SSSR count). The first-order valence-electron chi connectivity index (χ1n) is 7.09. The third kappa shape index (κ3) is 3.44. The maximum Gasteiger partial charge on any atom is 0.257 e. The minimum atomic E-state index is -3.03. The standard InChI is InChI=1S/C13H22N4O3S/c1-10-9-21(19,20)7-6-16(10)13(18)12-8-15-17(11(12)2)5-3-4-14/h8,10H,3-7,9,14H2,1-2H3. The van der Waals surface area contributed by atoms with Crippen LogP contribution in [0.25, 0.3) is 0 Å². The Bertz CT molecular complexity index is 623. The highest BCUT2D eigenvalue weighted by Gasteiger charge is 2.32. The summed E-state index contributed by atoms with van der Waals surface area (Å²) in [6.45, 7) is 5.11. The molecule has 7 nitrogen and oxygen atoms in total.